The summed E-state index contributed by atoms with van der Waals surface area (Å²) in [6.07, 6.45) is 7.31. The Morgan fingerprint density at radius 1 is 1.14 bits per heavy atom. The van der Waals surface area contributed by atoms with Crippen molar-refractivity contribution in [3.63, 3.8) is 0 Å². The molecule has 2 fully saturated rings. The molecular weight excluding hydrogens is 284 g/mol. The normalized spacial score (nSPS) is 26.6. The topological polar surface area (TPSA) is 95.5 Å². The number of aliphatic carboxylic acids is 1. The molecule has 0 spiro atoms. The van der Waals surface area contributed by atoms with Crippen LogP contribution in [0.5, 0.6) is 0 Å². The Balaban J connectivity index is 1.65. The smallest absolute Gasteiger partial charge is 0.306 e. The molecule has 1 atom stereocenters. The van der Waals surface area contributed by atoms with Gasteiger partial charge in [-0.15, -0.1) is 0 Å². The lowest BCUT2D eigenvalue weighted by molar-refractivity contribution is -0.146. The van der Waals surface area contributed by atoms with Gasteiger partial charge in [0.05, 0.1) is 5.92 Å². The van der Waals surface area contributed by atoms with Crippen LogP contribution in [0.3, 0.4) is 0 Å². The summed E-state index contributed by atoms with van der Waals surface area (Å²) >= 11 is 0. The van der Waals surface area contributed by atoms with Gasteiger partial charge in [-0.25, -0.2) is 0 Å². The van der Waals surface area contributed by atoms with Gasteiger partial charge in [-0.1, -0.05) is 19.3 Å². The number of hydrogen-bond acceptors (Lipinski definition) is 3. The summed E-state index contributed by atoms with van der Waals surface area (Å²) < 4.78 is 0. The summed E-state index contributed by atoms with van der Waals surface area (Å²) in [5.41, 5.74) is 0. The molecule has 0 radical (unpaired) electrons. The number of hydrogen-bond donors (Lipinski definition) is 3. The average Bonchev–Trinajstić information content (AvgIpc) is 2.42. The highest BCUT2D eigenvalue weighted by Gasteiger charge is 2.36. The molecule has 6 heteroatoms. The molecule has 22 heavy (non-hydrogen) atoms. The van der Waals surface area contributed by atoms with Crippen molar-refractivity contribution in [2.75, 3.05) is 0 Å². The molecule has 0 saturated heterocycles. The van der Waals surface area contributed by atoms with Crippen LogP contribution in [0, 0.1) is 11.8 Å². The largest absolute Gasteiger partial charge is 0.481 e. The summed E-state index contributed by atoms with van der Waals surface area (Å²) in [6, 6.07) is -0.647. The molecule has 2 rings (SSSR count). The molecule has 2 saturated carbocycles. The van der Waals surface area contributed by atoms with Gasteiger partial charge in [-0.2, -0.15) is 0 Å². The maximum atomic E-state index is 12.0. The Hall–Kier alpha value is -1.59. The van der Waals surface area contributed by atoms with Crippen molar-refractivity contribution in [2.45, 2.75) is 70.4 Å². The van der Waals surface area contributed by atoms with E-state index in [1.54, 1.807) is 6.92 Å². The predicted octanol–water partition coefficient (Wildman–Crippen LogP) is 1.44. The van der Waals surface area contributed by atoms with Crippen LogP contribution in [0.4, 0.5) is 0 Å². The van der Waals surface area contributed by atoms with E-state index in [0.29, 0.717) is 25.2 Å². The number of carbonyl (C=O) groups is 3. The first-order valence-corrected chi connectivity index (χ1v) is 8.28. The monoisotopic (exact) mass is 310 g/mol. The van der Waals surface area contributed by atoms with E-state index < -0.39 is 12.0 Å². The zero-order chi connectivity index (χ0) is 16.1. The second kappa shape index (κ2) is 7.61. The quantitative estimate of drug-likeness (QED) is 0.692. The van der Waals surface area contributed by atoms with Crippen LogP contribution >= 0.6 is 0 Å². The van der Waals surface area contributed by atoms with Crippen LogP contribution in [-0.2, 0) is 14.4 Å². The van der Waals surface area contributed by atoms with E-state index >= 15 is 0 Å². The maximum absolute atomic E-state index is 12.0. The Bertz CT molecular complexity index is 426. The first-order chi connectivity index (χ1) is 10.5. The summed E-state index contributed by atoms with van der Waals surface area (Å²) in [5, 5.41) is 14.3. The van der Waals surface area contributed by atoms with Gasteiger partial charge >= 0.3 is 5.97 Å². The third kappa shape index (κ3) is 4.71. The van der Waals surface area contributed by atoms with Gasteiger partial charge in [-0.3, -0.25) is 14.4 Å². The van der Waals surface area contributed by atoms with Gasteiger partial charge in [0.2, 0.25) is 11.8 Å². The van der Waals surface area contributed by atoms with Crippen molar-refractivity contribution >= 4 is 17.8 Å². The Labute approximate surface area is 131 Å². The van der Waals surface area contributed by atoms with E-state index in [1.807, 2.05) is 0 Å². The number of carbonyl (C=O) groups excluding carboxylic acids is 2. The summed E-state index contributed by atoms with van der Waals surface area (Å²) in [7, 11) is 0. The lowest BCUT2D eigenvalue weighted by atomic mass is 9.80. The van der Waals surface area contributed by atoms with Crippen molar-refractivity contribution in [1.82, 2.24) is 10.6 Å². The highest BCUT2D eigenvalue weighted by atomic mass is 16.4. The zero-order valence-electron chi connectivity index (χ0n) is 13.1. The van der Waals surface area contributed by atoms with Crippen molar-refractivity contribution in [1.29, 1.82) is 0 Å². The lowest BCUT2D eigenvalue weighted by Gasteiger charge is -2.33. The van der Waals surface area contributed by atoms with E-state index in [-0.39, 0.29) is 23.8 Å². The van der Waals surface area contributed by atoms with Crippen molar-refractivity contribution in [3.05, 3.63) is 0 Å². The summed E-state index contributed by atoms with van der Waals surface area (Å²) in [5.74, 6) is -0.995. The summed E-state index contributed by atoms with van der Waals surface area (Å²) in [4.78, 5) is 34.7. The van der Waals surface area contributed by atoms with Gasteiger partial charge in [0.25, 0.3) is 0 Å². The highest BCUT2D eigenvalue weighted by Crippen LogP contribution is 2.27. The van der Waals surface area contributed by atoms with E-state index in [0.717, 1.165) is 12.8 Å². The van der Waals surface area contributed by atoms with Crippen molar-refractivity contribution < 1.29 is 19.5 Å². The van der Waals surface area contributed by atoms with E-state index in [9.17, 15) is 14.4 Å². The molecule has 2 amide bonds. The molecule has 0 aromatic heterocycles. The van der Waals surface area contributed by atoms with Gasteiger partial charge in [0.15, 0.2) is 0 Å². The molecule has 3 N–H and O–H groups in total. The molecule has 6 nitrogen and oxygen atoms in total. The van der Waals surface area contributed by atoms with Crippen molar-refractivity contribution in [2.24, 2.45) is 11.8 Å². The van der Waals surface area contributed by atoms with Crippen LogP contribution < -0.4 is 10.6 Å². The molecule has 0 aromatic rings. The Morgan fingerprint density at radius 3 is 2.36 bits per heavy atom. The first kappa shape index (κ1) is 16.8. The van der Waals surface area contributed by atoms with Crippen LogP contribution in [0.25, 0.3) is 0 Å². The van der Waals surface area contributed by atoms with Crippen LogP contribution in [0.1, 0.15) is 58.3 Å². The SMILES string of the molecule is CC(NC(=O)CC1CCCCC1)C(=O)NC1CC(C(=O)O)C1. The molecular formula is C16H26N2O4. The fourth-order valence-electron chi connectivity index (χ4n) is 3.28. The average molecular weight is 310 g/mol. The molecule has 124 valence electrons. The Morgan fingerprint density at radius 2 is 1.77 bits per heavy atom. The molecule has 0 aromatic carbocycles. The van der Waals surface area contributed by atoms with Crippen LogP contribution in [-0.4, -0.2) is 35.0 Å². The second-order valence-corrected chi connectivity index (χ2v) is 6.71. The van der Waals surface area contributed by atoms with Crippen LogP contribution in [0.2, 0.25) is 0 Å². The lowest BCUT2D eigenvalue weighted by Crippen LogP contribution is -2.52. The standard InChI is InChI=1S/C16H26N2O4/c1-10(15(20)18-13-8-12(9-13)16(21)22)17-14(19)7-11-5-3-2-4-6-11/h10-13H,2-9H2,1H3,(H,17,19)(H,18,20)(H,21,22). The minimum atomic E-state index is -0.806. The van der Waals surface area contributed by atoms with Gasteiger partial charge in [0, 0.05) is 12.5 Å². The third-order valence-electron chi connectivity index (χ3n) is 4.80. The van der Waals surface area contributed by atoms with Crippen molar-refractivity contribution in [3.8, 4) is 0 Å². The van der Waals surface area contributed by atoms with Gasteiger partial charge in [0.1, 0.15) is 6.04 Å². The van der Waals surface area contributed by atoms with E-state index in [4.69, 9.17) is 5.11 Å². The highest BCUT2D eigenvalue weighted by molar-refractivity contribution is 5.87. The zero-order valence-corrected chi connectivity index (χ0v) is 13.1. The van der Waals surface area contributed by atoms with E-state index in [2.05, 4.69) is 10.6 Å². The van der Waals surface area contributed by atoms with Gasteiger partial charge < -0.3 is 15.7 Å². The van der Waals surface area contributed by atoms with Gasteiger partial charge in [-0.05, 0) is 38.5 Å². The Kier molecular flexibility index (Phi) is 5.80. The first-order valence-electron chi connectivity index (χ1n) is 8.28. The fraction of sp³-hybridized carbons (Fsp3) is 0.812. The molecule has 1 unspecified atom stereocenters. The molecule has 2 aliphatic rings. The third-order valence-corrected chi connectivity index (χ3v) is 4.80. The fourth-order valence-corrected chi connectivity index (χ4v) is 3.28. The maximum Gasteiger partial charge on any atom is 0.306 e. The molecule has 0 aliphatic heterocycles. The number of carboxylic acids is 1. The minimum absolute atomic E-state index is 0.0634. The van der Waals surface area contributed by atoms with E-state index in [1.165, 1.54) is 19.3 Å². The number of nitrogens with one attached hydrogen (secondary N) is 2. The number of carboxylic acid groups (broad SMARTS) is 1. The number of rotatable bonds is 6. The molecule has 0 bridgehead atoms. The molecule has 2 aliphatic carbocycles. The van der Waals surface area contributed by atoms with Crippen LogP contribution in [0.15, 0.2) is 0 Å². The summed E-state index contributed by atoms with van der Waals surface area (Å²) in [6.45, 7) is 1.67. The minimum Gasteiger partial charge on any atom is -0.481 e. The molecule has 0 heterocycles. The number of amides is 2. The second-order valence-electron chi connectivity index (χ2n) is 6.71. The predicted molar refractivity (Wildman–Crippen MR) is 81.1 cm³/mol.